The average molecular weight is 296 g/mol. The van der Waals surface area contributed by atoms with Crippen LogP contribution in [-0.4, -0.2) is 42.3 Å². The molecule has 122 valence electrons. The Morgan fingerprint density at radius 2 is 1.95 bits per heavy atom. The number of rotatable bonds is 6. The van der Waals surface area contributed by atoms with Crippen LogP contribution in [0.4, 0.5) is 0 Å². The third-order valence-electron chi connectivity index (χ3n) is 4.94. The van der Waals surface area contributed by atoms with Crippen LogP contribution in [0.3, 0.4) is 0 Å². The number of nitrogens with one attached hydrogen (secondary N) is 1. The second-order valence-electron chi connectivity index (χ2n) is 7.09. The largest absolute Gasteiger partial charge is 0.381 e. The van der Waals surface area contributed by atoms with Crippen molar-refractivity contribution in [2.75, 3.05) is 13.2 Å². The van der Waals surface area contributed by atoms with Gasteiger partial charge in [0.25, 0.3) is 0 Å². The zero-order valence-electron chi connectivity index (χ0n) is 14.1. The molecule has 2 aliphatic rings. The highest BCUT2D eigenvalue weighted by molar-refractivity contribution is 5.84. The van der Waals surface area contributed by atoms with Crippen LogP contribution in [0, 0.1) is 11.8 Å². The molecular formula is C17H32N2O2. The van der Waals surface area contributed by atoms with Gasteiger partial charge in [-0.1, -0.05) is 27.2 Å². The molecule has 0 saturated carbocycles. The van der Waals surface area contributed by atoms with Crippen LogP contribution in [-0.2, 0) is 9.53 Å². The summed E-state index contributed by atoms with van der Waals surface area (Å²) < 4.78 is 5.47. The van der Waals surface area contributed by atoms with Crippen molar-refractivity contribution in [3.05, 3.63) is 0 Å². The second kappa shape index (κ2) is 7.59. The monoisotopic (exact) mass is 296 g/mol. The van der Waals surface area contributed by atoms with Gasteiger partial charge in [0.15, 0.2) is 0 Å². The van der Waals surface area contributed by atoms with Gasteiger partial charge in [-0.25, -0.2) is 0 Å². The molecule has 3 unspecified atom stereocenters. The summed E-state index contributed by atoms with van der Waals surface area (Å²) in [5.41, 5.74) is 0. The van der Waals surface area contributed by atoms with Crippen molar-refractivity contribution in [3.63, 3.8) is 0 Å². The summed E-state index contributed by atoms with van der Waals surface area (Å²) in [7, 11) is 0. The Hall–Kier alpha value is -0.610. The maximum Gasteiger partial charge on any atom is 0.241 e. The van der Waals surface area contributed by atoms with Gasteiger partial charge in [0, 0.05) is 19.3 Å². The molecule has 0 radical (unpaired) electrons. The summed E-state index contributed by atoms with van der Waals surface area (Å²) in [6.07, 6.45) is 5.42. The Morgan fingerprint density at radius 3 is 2.52 bits per heavy atom. The van der Waals surface area contributed by atoms with E-state index in [-0.39, 0.29) is 12.2 Å². The van der Waals surface area contributed by atoms with Gasteiger partial charge in [0.1, 0.15) is 0 Å². The third-order valence-corrected chi connectivity index (χ3v) is 4.94. The molecule has 0 aliphatic carbocycles. The second-order valence-corrected chi connectivity index (χ2v) is 7.09. The fourth-order valence-electron chi connectivity index (χ4n) is 3.75. The Bertz CT molecular complexity index is 338. The summed E-state index contributed by atoms with van der Waals surface area (Å²) in [6, 6.07) is 0.348. The zero-order valence-corrected chi connectivity index (χ0v) is 14.1. The van der Waals surface area contributed by atoms with Crippen molar-refractivity contribution in [3.8, 4) is 0 Å². The van der Waals surface area contributed by atoms with Gasteiger partial charge in [-0.3, -0.25) is 10.1 Å². The third kappa shape index (κ3) is 3.98. The highest BCUT2D eigenvalue weighted by Crippen LogP contribution is 2.29. The summed E-state index contributed by atoms with van der Waals surface area (Å²) in [5.74, 6) is 1.50. The van der Waals surface area contributed by atoms with E-state index in [0.29, 0.717) is 23.8 Å². The molecule has 2 saturated heterocycles. The topological polar surface area (TPSA) is 41.6 Å². The van der Waals surface area contributed by atoms with Crippen LogP contribution < -0.4 is 5.32 Å². The number of nitrogens with zero attached hydrogens (tertiary/aromatic N) is 1. The van der Waals surface area contributed by atoms with E-state index in [1.165, 1.54) is 0 Å². The molecule has 2 fully saturated rings. The highest BCUT2D eigenvalue weighted by Gasteiger charge is 2.42. The zero-order chi connectivity index (χ0) is 15.4. The van der Waals surface area contributed by atoms with E-state index in [9.17, 15) is 4.79 Å². The molecule has 2 rings (SSSR count). The van der Waals surface area contributed by atoms with E-state index in [1.807, 2.05) is 0 Å². The van der Waals surface area contributed by atoms with Crippen molar-refractivity contribution in [1.29, 1.82) is 0 Å². The van der Waals surface area contributed by atoms with Gasteiger partial charge in [-0.15, -0.1) is 0 Å². The van der Waals surface area contributed by atoms with Gasteiger partial charge in [0.2, 0.25) is 5.91 Å². The lowest BCUT2D eigenvalue weighted by atomic mass is 9.91. The van der Waals surface area contributed by atoms with E-state index >= 15 is 0 Å². The summed E-state index contributed by atoms with van der Waals surface area (Å²) in [4.78, 5) is 15.0. The Labute approximate surface area is 129 Å². The van der Waals surface area contributed by atoms with E-state index < -0.39 is 0 Å². The molecule has 0 spiro atoms. The van der Waals surface area contributed by atoms with Crippen LogP contribution in [0.15, 0.2) is 0 Å². The molecule has 2 aliphatic heterocycles. The van der Waals surface area contributed by atoms with Crippen LogP contribution in [0.2, 0.25) is 0 Å². The smallest absolute Gasteiger partial charge is 0.241 e. The van der Waals surface area contributed by atoms with Crippen molar-refractivity contribution >= 4 is 5.91 Å². The minimum absolute atomic E-state index is 0.0287. The predicted octanol–water partition coefficient (Wildman–Crippen LogP) is 2.77. The molecule has 1 amide bonds. The van der Waals surface area contributed by atoms with Gasteiger partial charge < -0.3 is 9.64 Å². The molecule has 0 aromatic rings. The van der Waals surface area contributed by atoms with E-state index in [0.717, 1.165) is 45.3 Å². The number of amides is 1. The number of ether oxygens (including phenoxy) is 1. The van der Waals surface area contributed by atoms with Gasteiger partial charge in [-0.2, -0.15) is 0 Å². The first-order valence-corrected chi connectivity index (χ1v) is 8.70. The molecule has 0 aromatic heterocycles. The Balaban J connectivity index is 2.08. The number of hydrogen-bond acceptors (Lipinski definition) is 3. The predicted molar refractivity (Wildman–Crippen MR) is 84.9 cm³/mol. The SMILES string of the molecule is CCCC1NC(CC(C)C)N(C(C)C2CCOCC2)C1=O. The summed E-state index contributed by atoms with van der Waals surface area (Å²) >= 11 is 0. The quantitative estimate of drug-likeness (QED) is 0.819. The van der Waals surface area contributed by atoms with Gasteiger partial charge in [0.05, 0.1) is 12.2 Å². The summed E-state index contributed by atoms with van der Waals surface area (Å²) in [6.45, 7) is 10.5. The molecule has 4 nitrogen and oxygen atoms in total. The van der Waals surface area contributed by atoms with Crippen molar-refractivity contribution in [2.24, 2.45) is 11.8 Å². The highest BCUT2D eigenvalue weighted by atomic mass is 16.5. The first-order valence-electron chi connectivity index (χ1n) is 8.70. The molecule has 0 aromatic carbocycles. The van der Waals surface area contributed by atoms with Crippen LogP contribution in [0.25, 0.3) is 0 Å². The number of carbonyl (C=O) groups excluding carboxylic acids is 1. The maximum atomic E-state index is 12.8. The number of hydrogen-bond donors (Lipinski definition) is 1. The number of carbonyl (C=O) groups is 1. The molecular weight excluding hydrogens is 264 g/mol. The lowest BCUT2D eigenvalue weighted by molar-refractivity contribution is -0.134. The van der Waals surface area contributed by atoms with Crippen LogP contribution in [0.5, 0.6) is 0 Å². The minimum Gasteiger partial charge on any atom is -0.381 e. The Kier molecular flexibility index (Phi) is 6.06. The minimum atomic E-state index is 0.0287. The molecule has 2 heterocycles. The molecule has 1 N–H and O–H groups in total. The van der Waals surface area contributed by atoms with Crippen molar-refractivity contribution in [1.82, 2.24) is 10.2 Å². The van der Waals surface area contributed by atoms with Crippen LogP contribution in [0.1, 0.15) is 59.8 Å². The fourth-order valence-corrected chi connectivity index (χ4v) is 3.75. The van der Waals surface area contributed by atoms with Gasteiger partial charge >= 0.3 is 0 Å². The van der Waals surface area contributed by atoms with Crippen molar-refractivity contribution < 1.29 is 9.53 Å². The standard InChI is InChI=1S/C17H32N2O2/c1-5-6-15-17(20)19(16(18-15)11-12(2)3)13(4)14-7-9-21-10-8-14/h12-16,18H,5-11H2,1-4H3. The Morgan fingerprint density at radius 1 is 1.29 bits per heavy atom. The molecule has 4 heteroatoms. The van der Waals surface area contributed by atoms with Crippen LogP contribution >= 0.6 is 0 Å². The maximum absolute atomic E-state index is 12.8. The summed E-state index contributed by atoms with van der Waals surface area (Å²) in [5, 5.41) is 3.59. The first kappa shape index (κ1) is 16.8. The average Bonchev–Trinajstić information content (AvgIpc) is 2.75. The first-order chi connectivity index (χ1) is 10.0. The van der Waals surface area contributed by atoms with E-state index in [4.69, 9.17) is 4.74 Å². The molecule has 0 bridgehead atoms. The normalized spacial score (nSPS) is 29.4. The molecule has 21 heavy (non-hydrogen) atoms. The van der Waals surface area contributed by atoms with Crippen molar-refractivity contribution in [2.45, 2.75) is 78.0 Å². The van der Waals surface area contributed by atoms with E-state index in [1.54, 1.807) is 0 Å². The van der Waals surface area contributed by atoms with Gasteiger partial charge in [-0.05, 0) is 44.4 Å². The lowest BCUT2D eigenvalue weighted by Crippen LogP contribution is -2.48. The van der Waals surface area contributed by atoms with E-state index in [2.05, 4.69) is 37.9 Å². The lowest BCUT2D eigenvalue weighted by Gasteiger charge is -2.37. The molecule has 3 atom stereocenters. The fraction of sp³-hybridized carbons (Fsp3) is 0.941.